The van der Waals surface area contributed by atoms with E-state index < -0.39 is 0 Å². The first-order valence-corrected chi connectivity index (χ1v) is 9.70. The molecule has 0 aliphatic carbocycles. The lowest BCUT2D eigenvalue weighted by Gasteiger charge is -2.04. The molecule has 1 amide bonds. The quantitative estimate of drug-likeness (QED) is 0.515. The van der Waals surface area contributed by atoms with E-state index in [1.165, 1.54) is 28.2 Å². The fraction of sp³-hybridized carbons (Fsp3) is 0.211. The van der Waals surface area contributed by atoms with Crippen molar-refractivity contribution in [1.29, 1.82) is 0 Å². The fourth-order valence-corrected chi connectivity index (χ4v) is 4.63. The first kappa shape index (κ1) is 16.2. The van der Waals surface area contributed by atoms with Gasteiger partial charge in [0.15, 0.2) is 9.81 Å². The summed E-state index contributed by atoms with van der Waals surface area (Å²) in [7, 11) is 1.94. The SMILES string of the molecule is CC(C)c1ccc2c(c1)sc(=NC(=O)c1nc3ccccc3s1)n2C. The number of nitrogens with zero attached hydrogens (tertiary/aromatic N) is 3. The van der Waals surface area contributed by atoms with Crippen LogP contribution in [0, 0.1) is 0 Å². The molecule has 0 saturated heterocycles. The van der Waals surface area contributed by atoms with E-state index in [2.05, 4.69) is 42.0 Å². The van der Waals surface area contributed by atoms with Crippen molar-refractivity contribution in [2.45, 2.75) is 19.8 Å². The van der Waals surface area contributed by atoms with E-state index in [4.69, 9.17) is 0 Å². The largest absolute Gasteiger partial charge is 0.319 e. The second kappa shape index (κ2) is 6.20. The lowest BCUT2D eigenvalue weighted by atomic mass is 10.0. The zero-order valence-electron chi connectivity index (χ0n) is 14.2. The predicted molar refractivity (Wildman–Crippen MR) is 104 cm³/mol. The Labute approximate surface area is 153 Å². The number of fused-ring (bicyclic) bond motifs is 2. The van der Waals surface area contributed by atoms with Gasteiger partial charge in [0.05, 0.1) is 20.4 Å². The van der Waals surface area contributed by atoms with Gasteiger partial charge in [-0.25, -0.2) is 4.98 Å². The summed E-state index contributed by atoms with van der Waals surface area (Å²) in [6, 6.07) is 14.2. The highest BCUT2D eigenvalue weighted by atomic mass is 32.1. The van der Waals surface area contributed by atoms with Crippen LogP contribution in [0.5, 0.6) is 0 Å². The third-order valence-electron chi connectivity index (χ3n) is 4.17. The number of carbonyl (C=O) groups is 1. The number of hydrogen-bond acceptors (Lipinski definition) is 4. The number of aromatic nitrogens is 2. The third kappa shape index (κ3) is 2.92. The van der Waals surface area contributed by atoms with E-state index in [1.807, 2.05) is 35.9 Å². The van der Waals surface area contributed by atoms with E-state index in [-0.39, 0.29) is 5.91 Å². The van der Waals surface area contributed by atoms with Crippen LogP contribution in [0.4, 0.5) is 0 Å². The van der Waals surface area contributed by atoms with E-state index in [9.17, 15) is 4.79 Å². The van der Waals surface area contributed by atoms with Crippen LogP contribution >= 0.6 is 22.7 Å². The van der Waals surface area contributed by atoms with Crippen LogP contribution in [0.2, 0.25) is 0 Å². The molecule has 0 fully saturated rings. The van der Waals surface area contributed by atoms with E-state index >= 15 is 0 Å². The zero-order valence-corrected chi connectivity index (χ0v) is 15.8. The smallest absolute Gasteiger partial charge is 0.308 e. The van der Waals surface area contributed by atoms with Gasteiger partial charge in [0.1, 0.15) is 0 Å². The lowest BCUT2D eigenvalue weighted by Crippen LogP contribution is -2.13. The highest BCUT2D eigenvalue weighted by Crippen LogP contribution is 2.24. The molecule has 0 N–H and O–H groups in total. The summed E-state index contributed by atoms with van der Waals surface area (Å²) in [5.74, 6) is 0.189. The predicted octanol–water partition coefficient (Wildman–Crippen LogP) is 4.71. The van der Waals surface area contributed by atoms with Crippen molar-refractivity contribution in [3.05, 3.63) is 57.8 Å². The maximum Gasteiger partial charge on any atom is 0.308 e. The zero-order chi connectivity index (χ0) is 17.6. The number of rotatable bonds is 2. The highest BCUT2D eigenvalue weighted by Gasteiger charge is 2.12. The molecule has 25 heavy (non-hydrogen) atoms. The van der Waals surface area contributed by atoms with Crippen LogP contribution in [-0.2, 0) is 7.05 Å². The van der Waals surface area contributed by atoms with Gasteiger partial charge in [-0.3, -0.25) is 4.79 Å². The van der Waals surface area contributed by atoms with Crippen LogP contribution in [0.1, 0.15) is 35.1 Å². The van der Waals surface area contributed by atoms with Gasteiger partial charge >= 0.3 is 5.91 Å². The molecule has 2 heterocycles. The van der Waals surface area contributed by atoms with Gasteiger partial charge in [-0.15, -0.1) is 11.3 Å². The Morgan fingerprint density at radius 3 is 2.68 bits per heavy atom. The normalized spacial score (nSPS) is 12.6. The molecule has 0 aliphatic rings. The average molecular weight is 367 g/mol. The molecule has 4 aromatic rings. The second-order valence-electron chi connectivity index (χ2n) is 6.23. The van der Waals surface area contributed by atoms with Gasteiger partial charge in [0, 0.05) is 7.05 Å². The van der Waals surface area contributed by atoms with Crippen molar-refractivity contribution in [3.8, 4) is 0 Å². The summed E-state index contributed by atoms with van der Waals surface area (Å²) < 4.78 is 4.11. The Morgan fingerprint density at radius 1 is 1.12 bits per heavy atom. The molecule has 126 valence electrons. The van der Waals surface area contributed by atoms with Crippen molar-refractivity contribution in [1.82, 2.24) is 9.55 Å². The average Bonchev–Trinajstić information content (AvgIpc) is 3.16. The lowest BCUT2D eigenvalue weighted by molar-refractivity contribution is 0.0998. The minimum atomic E-state index is -0.285. The molecule has 2 aromatic heterocycles. The van der Waals surface area contributed by atoms with Crippen LogP contribution < -0.4 is 4.80 Å². The Hall–Kier alpha value is -2.31. The van der Waals surface area contributed by atoms with Gasteiger partial charge in [0.2, 0.25) is 0 Å². The minimum Gasteiger partial charge on any atom is -0.319 e. The van der Waals surface area contributed by atoms with Crippen molar-refractivity contribution in [2.24, 2.45) is 12.0 Å². The monoisotopic (exact) mass is 367 g/mol. The molecule has 0 bridgehead atoms. The molecule has 0 spiro atoms. The summed E-state index contributed by atoms with van der Waals surface area (Å²) in [6.45, 7) is 4.35. The number of hydrogen-bond donors (Lipinski definition) is 0. The van der Waals surface area contributed by atoms with Crippen LogP contribution in [0.3, 0.4) is 0 Å². The van der Waals surface area contributed by atoms with Crippen molar-refractivity contribution in [2.75, 3.05) is 0 Å². The number of carbonyl (C=O) groups excluding carboxylic acids is 1. The number of amides is 1. The van der Waals surface area contributed by atoms with Crippen molar-refractivity contribution in [3.63, 3.8) is 0 Å². The topological polar surface area (TPSA) is 47.2 Å². The number of thiazole rings is 2. The van der Waals surface area contributed by atoms with Crippen molar-refractivity contribution < 1.29 is 4.79 Å². The van der Waals surface area contributed by atoms with Crippen molar-refractivity contribution >= 4 is 49.0 Å². The van der Waals surface area contributed by atoms with Crippen LogP contribution in [0.25, 0.3) is 20.4 Å². The molecule has 0 saturated carbocycles. The Bertz CT molecular complexity index is 1130. The molecule has 4 nitrogen and oxygen atoms in total. The summed E-state index contributed by atoms with van der Waals surface area (Å²) in [4.78, 5) is 22.0. The third-order valence-corrected chi connectivity index (χ3v) is 6.29. The molecule has 6 heteroatoms. The van der Waals surface area contributed by atoms with Crippen LogP contribution in [-0.4, -0.2) is 15.5 Å². The Balaban J connectivity index is 1.79. The van der Waals surface area contributed by atoms with Crippen LogP contribution in [0.15, 0.2) is 47.5 Å². The molecular weight excluding hydrogens is 350 g/mol. The number of para-hydroxylation sites is 1. The van der Waals surface area contributed by atoms with E-state index in [0.717, 1.165) is 20.4 Å². The minimum absolute atomic E-state index is 0.285. The molecule has 0 unspecified atom stereocenters. The van der Waals surface area contributed by atoms with Gasteiger partial charge in [-0.05, 0) is 35.7 Å². The summed E-state index contributed by atoms with van der Waals surface area (Å²) in [5.41, 5.74) is 3.22. The summed E-state index contributed by atoms with van der Waals surface area (Å²) in [6.07, 6.45) is 0. The molecule has 2 aromatic carbocycles. The second-order valence-corrected chi connectivity index (χ2v) is 8.27. The molecule has 4 rings (SSSR count). The highest BCUT2D eigenvalue weighted by molar-refractivity contribution is 7.20. The molecule has 0 aliphatic heterocycles. The van der Waals surface area contributed by atoms with E-state index in [1.54, 1.807) is 0 Å². The first-order chi connectivity index (χ1) is 12.0. The molecule has 0 atom stereocenters. The first-order valence-electron chi connectivity index (χ1n) is 8.07. The molecule has 0 radical (unpaired) electrons. The van der Waals surface area contributed by atoms with Gasteiger partial charge in [0.25, 0.3) is 0 Å². The Kier molecular flexibility index (Phi) is 4.01. The summed E-state index contributed by atoms with van der Waals surface area (Å²) >= 11 is 2.92. The number of benzene rings is 2. The van der Waals surface area contributed by atoms with Gasteiger partial charge in [-0.2, -0.15) is 4.99 Å². The maximum atomic E-state index is 12.6. The van der Waals surface area contributed by atoms with Gasteiger partial charge in [-0.1, -0.05) is 43.4 Å². The Morgan fingerprint density at radius 2 is 1.92 bits per heavy atom. The number of aryl methyl sites for hydroxylation is 1. The molecular formula is C19H17N3OS2. The standard InChI is InChI=1S/C19H17N3OS2/c1-11(2)12-8-9-14-16(10-12)25-19(22(14)3)21-17(23)18-20-13-6-4-5-7-15(13)24-18/h4-11H,1-3H3. The van der Waals surface area contributed by atoms with E-state index in [0.29, 0.717) is 15.7 Å². The van der Waals surface area contributed by atoms with Gasteiger partial charge < -0.3 is 4.57 Å². The fourth-order valence-electron chi connectivity index (χ4n) is 2.71. The maximum absolute atomic E-state index is 12.6. The summed E-state index contributed by atoms with van der Waals surface area (Å²) in [5, 5.41) is 0.432.